The molecule has 0 fully saturated rings. The van der Waals surface area contributed by atoms with Gasteiger partial charge >= 0.3 is 5.97 Å². The largest absolute Gasteiger partial charge is 0.466 e. The fraction of sp³-hybridized carbons (Fsp3) is 0.333. The Balaban J connectivity index is 2.69. The number of Topliss-reactive ketones (excluding diaryl/α,β-unsaturated/α-hetero) is 1. The van der Waals surface area contributed by atoms with Crippen LogP contribution in [0.25, 0.3) is 0 Å². The van der Waals surface area contributed by atoms with Crippen LogP contribution in [-0.4, -0.2) is 18.4 Å². The fourth-order valence-corrected chi connectivity index (χ4v) is 1.69. The van der Waals surface area contributed by atoms with Crippen molar-refractivity contribution in [2.75, 3.05) is 6.61 Å². The molecule has 96 valence electrons. The second-order valence-corrected chi connectivity index (χ2v) is 3.97. The molecule has 1 atom stereocenters. The van der Waals surface area contributed by atoms with Gasteiger partial charge in [-0.2, -0.15) is 0 Å². The summed E-state index contributed by atoms with van der Waals surface area (Å²) >= 11 is 0. The molecule has 1 aromatic carbocycles. The Kier molecular flexibility index (Phi) is 5.85. The third kappa shape index (κ3) is 4.17. The van der Waals surface area contributed by atoms with Gasteiger partial charge in [0, 0.05) is 12.0 Å². The highest BCUT2D eigenvalue weighted by Crippen LogP contribution is 2.15. The van der Waals surface area contributed by atoms with Gasteiger partial charge in [0.1, 0.15) is 0 Å². The number of benzene rings is 1. The third-order valence-electron chi connectivity index (χ3n) is 2.60. The summed E-state index contributed by atoms with van der Waals surface area (Å²) in [5.41, 5.74) is 0.621. The molecule has 0 radical (unpaired) electrons. The molecule has 0 amide bonds. The number of carbonyl (C=O) groups is 2. The summed E-state index contributed by atoms with van der Waals surface area (Å²) in [5.74, 6) is -0.813. The average molecular weight is 246 g/mol. The van der Waals surface area contributed by atoms with Crippen molar-refractivity contribution in [2.24, 2.45) is 5.92 Å². The Labute approximate surface area is 107 Å². The third-order valence-corrected chi connectivity index (χ3v) is 2.60. The van der Waals surface area contributed by atoms with Gasteiger partial charge in [-0.15, -0.1) is 6.58 Å². The summed E-state index contributed by atoms with van der Waals surface area (Å²) < 4.78 is 4.95. The molecule has 0 saturated heterocycles. The molecule has 18 heavy (non-hydrogen) atoms. The molecule has 0 aromatic heterocycles. The minimum Gasteiger partial charge on any atom is -0.466 e. The van der Waals surface area contributed by atoms with Crippen molar-refractivity contribution >= 4 is 11.8 Å². The van der Waals surface area contributed by atoms with Crippen LogP contribution in [0.3, 0.4) is 0 Å². The second kappa shape index (κ2) is 7.43. The maximum absolute atomic E-state index is 12.0. The molecule has 1 rings (SSSR count). The molecule has 3 nitrogen and oxygen atoms in total. The van der Waals surface area contributed by atoms with Gasteiger partial charge < -0.3 is 4.74 Å². The highest BCUT2D eigenvalue weighted by molar-refractivity contribution is 5.98. The minimum atomic E-state index is -0.435. The summed E-state index contributed by atoms with van der Waals surface area (Å²) in [4.78, 5) is 23.7. The van der Waals surface area contributed by atoms with Crippen molar-refractivity contribution in [3.05, 3.63) is 48.6 Å². The Bertz CT molecular complexity index is 409. The summed E-state index contributed by atoms with van der Waals surface area (Å²) in [5, 5.41) is 0. The zero-order chi connectivity index (χ0) is 13.4. The van der Waals surface area contributed by atoms with Crippen molar-refractivity contribution in [2.45, 2.75) is 19.8 Å². The molecule has 1 unspecified atom stereocenters. The molecule has 0 heterocycles. The van der Waals surface area contributed by atoms with Crippen LogP contribution in [-0.2, 0) is 9.53 Å². The standard InChI is InChI=1S/C15H18O3/c1-3-8-13(15(17)18-4-2)11-14(16)12-9-6-5-7-10-12/h3,5-7,9-10,13H,1,4,8,11H2,2H3. The summed E-state index contributed by atoms with van der Waals surface area (Å²) in [7, 11) is 0. The summed E-state index contributed by atoms with van der Waals surface area (Å²) in [6.07, 6.45) is 2.26. The first-order chi connectivity index (χ1) is 8.69. The predicted molar refractivity (Wildman–Crippen MR) is 70.3 cm³/mol. The summed E-state index contributed by atoms with van der Waals surface area (Å²) in [6.45, 7) is 5.68. The molecule has 0 aliphatic heterocycles. The van der Waals surface area contributed by atoms with Gasteiger partial charge in [0.2, 0.25) is 0 Å². The molecule has 0 aliphatic rings. The van der Waals surface area contributed by atoms with Crippen molar-refractivity contribution < 1.29 is 14.3 Å². The molecule has 1 aromatic rings. The Morgan fingerprint density at radius 1 is 1.33 bits per heavy atom. The zero-order valence-corrected chi connectivity index (χ0v) is 10.6. The van der Waals surface area contributed by atoms with E-state index in [-0.39, 0.29) is 18.2 Å². The second-order valence-electron chi connectivity index (χ2n) is 3.97. The fourth-order valence-electron chi connectivity index (χ4n) is 1.69. The highest BCUT2D eigenvalue weighted by atomic mass is 16.5. The number of ether oxygens (including phenoxy) is 1. The number of allylic oxidation sites excluding steroid dienone is 1. The Hall–Kier alpha value is -1.90. The van der Waals surface area contributed by atoms with Gasteiger partial charge in [0.05, 0.1) is 12.5 Å². The lowest BCUT2D eigenvalue weighted by atomic mass is 9.95. The van der Waals surface area contributed by atoms with Crippen LogP contribution in [0.15, 0.2) is 43.0 Å². The quantitative estimate of drug-likeness (QED) is 0.422. The first kappa shape index (κ1) is 14.2. The van der Waals surface area contributed by atoms with Crippen molar-refractivity contribution in [1.29, 1.82) is 0 Å². The van der Waals surface area contributed by atoms with Gasteiger partial charge in [-0.3, -0.25) is 9.59 Å². The first-order valence-corrected chi connectivity index (χ1v) is 6.04. The average Bonchev–Trinajstić information content (AvgIpc) is 2.39. The van der Waals surface area contributed by atoms with Crippen LogP contribution >= 0.6 is 0 Å². The van der Waals surface area contributed by atoms with Crippen LogP contribution in [0, 0.1) is 5.92 Å². The normalized spacial score (nSPS) is 11.6. The highest BCUT2D eigenvalue weighted by Gasteiger charge is 2.22. The summed E-state index contributed by atoms with van der Waals surface area (Å²) in [6, 6.07) is 8.96. The maximum atomic E-state index is 12.0. The molecular formula is C15H18O3. The van der Waals surface area contributed by atoms with E-state index in [2.05, 4.69) is 6.58 Å². The number of rotatable bonds is 7. The molecule has 0 bridgehead atoms. The molecular weight excluding hydrogens is 228 g/mol. The van der Waals surface area contributed by atoms with Gasteiger partial charge in [-0.05, 0) is 13.3 Å². The lowest BCUT2D eigenvalue weighted by molar-refractivity contribution is -0.147. The van der Waals surface area contributed by atoms with E-state index in [1.807, 2.05) is 6.07 Å². The molecule has 0 saturated carbocycles. The van der Waals surface area contributed by atoms with E-state index < -0.39 is 5.92 Å². The maximum Gasteiger partial charge on any atom is 0.309 e. The molecule has 0 spiro atoms. The van der Waals surface area contributed by atoms with Crippen LogP contribution in [0.5, 0.6) is 0 Å². The SMILES string of the molecule is C=CCC(CC(=O)c1ccccc1)C(=O)OCC. The van der Waals surface area contributed by atoms with Gasteiger partial charge in [-0.25, -0.2) is 0 Å². The number of hydrogen-bond acceptors (Lipinski definition) is 3. The van der Waals surface area contributed by atoms with E-state index in [1.54, 1.807) is 37.3 Å². The van der Waals surface area contributed by atoms with Gasteiger partial charge in [0.15, 0.2) is 5.78 Å². The minimum absolute atomic E-state index is 0.0458. The van der Waals surface area contributed by atoms with E-state index in [1.165, 1.54) is 0 Å². The van der Waals surface area contributed by atoms with Gasteiger partial charge in [-0.1, -0.05) is 36.4 Å². The predicted octanol–water partition coefficient (Wildman–Crippen LogP) is 3.01. The molecule has 3 heteroatoms. The molecule has 0 N–H and O–H groups in total. The monoisotopic (exact) mass is 246 g/mol. The van der Waals surface area contributed by atoms with Crippen LogP contribution in [0.2, 0.25) is 0 Å². The van der Waals surface area contributed by atoms with Crippen molar-refractivity contribution in [1.82, 2.24) is 0 Å². The Morgan fingerprint density at radius 2 is 2.00 bits per heavy atom. The number of ketones is 1. The van der Waals surface area contributed by atoms with E-state index in [4.69, 9.17) is 4.74 Å². The number of carbonyl (C=O) groups excluding carboxylic acids is 2. The number of hydrogen-bond donors (Lipinski definition) is 0. The lowest BCUT2D eigenvalue weighted by Crippen LogP contribution is -2.20. The lowest BCUT2D eigenvalue weighted by Gasteiger charge is -2.12. The van der Waals surface area contributed by atoms with Gasteiger partial charge in [0.25, 0.3) is 0 Å². The van der Waals surface area contributed by atoms with Crippen LogP contribution < -0.4 is 0 Å². The van der Waals surface area contributed by atoms with E-state index in [0.717, 1.165) is 0 Å². The first-order valence-electron chi connectivity index (χ1n) is 6.04. The van der Waals surface area contributed by atoms with E-state index in [0.29, 0.717) is 18.6 Å². The Morgan fingerprint density at radius 3 is 2.56 bits per heavy atom. The number of esters is 1. The zero-order valence-electron chi connectivity index (χ0n) is 10.6. The molecule has 0 aliphatic carbocycles. The van der Waals surface area contributed by atoms with Crippen LogP contribution in [0.4, 0.5) is 0 Å². The smallest absolute Gasteiger partial charge is 0.309 e. The topological polar surface area (TPSA) is 43.4 Å². The van der Waals surface area contributed by atoms with E-state index in [9.17, 15) is 9.59 Å². The van der Waals surface area contributed by atoms with Crippen LogP contribution in [0.1, 0.15) is 30.1 Å². The van der Waals surface area contributed by atoms with Crippen molar-refractivity contribution in [3.63, 3.8) is 0 Å². The van der Waals surface area contributed by atoms with E-state index >= 15 is 0 Å². The van der Waals surface area contributed by atoms with Crippen molar-refractivity contribution in [3.8, 4) is 0 Å².